The fourth-order valence-corrected chi connectivity index (χ4v) is 5.08. The molecule has 1 atom stereocenters. The van der Waals surface area contributed by atoms with Gasteiger partial charge in [-0.2, -0.15) is 0 Å². The summed E-state index contributed by atoms with van der Waals surface area (Å²) in [7, 11) is 0. The van der Waals surface area contributed by atoms with Crippen molar-refractivity contribution in [2.24, 2.45) is 0 Å². The molecule has 0 aromatic heterocycles. The van der Waals surface area contributed by atoms with E-state index in [1.807, 2.05) is 24.3 Å². The zero-order valence-corrected chi connectivity index (χ0v) is 17.4. The highest BCUT2D eigenvalue weighted by atomic mass is 32.2. The Kier molecular flexibility index (Phi) is 6.40. The summed E-state index contributed by atoms with van der Waals surface area (Å²) in [5.74, 6) is 0.907. The van der Waals surface area contributed by atoms with Crippen LogP contribution in [0.15, 0.2) is 29.2 Å². The molecule has 0 aliphatic carbocycles. The summed E-state index contributed by atoms with van der Waals surface area (Å²) < 4.78 is 5.47. The van der Waals surface area contributed by atoms with Crippen LogP contribution in [0.1, 0.15) is 25.7 Å². The molecule has 1 aromatic carbocycles. The van der Waals surface area contributed by atoms with Gasteiger partial charge in [0.05, 0.1) is 5.69 Å². The van der Waals surface area contributed by atoms with Crippen molar-refractivity contribution < 1.29 is 19.1 Å². The van der Waals surface area contributed by atoms with Gasteiger partial charge in [0.2, 0.25) is 11.8 Å². The van der Waals surface area contributed by atoms with E-state index in [1.54, 1.807) is 26.5 Å². The van der Waals surface area contributed by atoms with Gasteiger partial charge in [0.25, 0.3) is 5.91 Å². The molecule has 2 fully saturated rings. The van der Waals surface area contributed by atoms with Crippen LogP contribution in [0.2, 0.25) is 0 Å². The van der Waals surface area contributed by atoms with Gasteiger partial charge in [-0.1, -0.05) is 12.1 Å². The van der Waals surface area contributed by atoms with Gasteiger partial charge < -0.3 is 19.4 Å². The largest absolute Gasteiger partial charge is 0.368 e. The number of hydrogen-bond acceptors (Lipinski definition) is 5. The smallest absolute Gasteiger partial charge is 0.251 e. The minimum absolute atomic E-state index is 0.00158. The summed E-state index contributed by atoms with van der Waals surface area (Å²) in [6.45, 7) is 3.45. The second-order valence-electron chi connectivity index (χ2n) is 7.57. The van der Waals surface area contributed by atoms with Crippen LogP contribution in [-0.2, 0) is 19.1 Å². The maximum atomic E-state index is 12.7. The van der Waals surface area contributed by atoms with E-state index in [0.717, 1.165) is 29.2 Å². The van der Waals surface area contributed by atoms with Crippen LogP contribution in [-0.4, -0.2) is 78.7 Å². The normalized spacial score (nSPS) is 21.8. The molecule has 3 aliphatic heterocycles. The van der Waals surface area contributed by atoms with E-state index >= 15 is 0 Å². The molecular formula is C21H27N3O4S. The number of anilines is 1. The van der Waals surface area contributed by atoms with E-state index in [1.165, 1.54) is 0 Å². The van der Waals surface area contributed by atoms with Crippen molar-refractivity contribution in [3.8, 4) is 0 Å². The fourth-order valence-electron chi connectivity index (χ4n) is 4.09. The van der Waals surface area contributed by atoms with Crippen LogP contribution in [0, 0.1) is 0 Å². The fraction of sp³-hybridized carbons (Fsp3) is 0.571. The minimum atomic E-state index is -0.305. The number of para-hydroxylation sites is 1. The molecule has 0 radical (unpaired) electrons. The lowest BCUT2D eigenvalue weighted by molar-refractivity contribution is -0.146. The van der Waals surface area contributed by atoms with Crippen molar-refractivity contribution >= 4 is 35.2 Å². The van der Waals surface area contributed by atoms with E-state index < -0.39 is 0 Å². The average molecular weight is 418 g/mol. The molecule has 1 unspecified atom stereocenters. The predicted octanol–water partition coefficient (Wildman–Crippen LogP) is 1.76. The monoisotopic (exact) mass is 417 g/mol. The molecule has 0 bridgehead atoms. The third-order valence-corrected chi connectivity index (χ3v) is 6.77. The van der Waals surface area contributed by atoms with Crippen molar-refractivity contribution in [1.29, 1.82) is 0 Å². The van der Waals surface area contributed by atoms with Crippen molar-refractivity contribution in [1.82, 2.24) is 9.80 Å². The van der Waals surface area contributed by atoms with E-state index in [9.17, 15) is 14.4 Å². The van der Waals surface area contributed by atoms with Crippen molar-refractivity contribution in [2.45, 2.75) is 36.7 Å². The number of thioether (sulfide) groups is 1. The summed E-state index contributed by atoms with van der Waals surface area (Å²) >= 11 is 1.76. The first-order chi connectivity index (χ1) is 14.1. The van der Waals surface area contributed by atoms with Crippen LogP contribution < -0.4 is 4.90 Å². The van der Waals surface area contributed by atoms with Gasteiger partial charge in [-0.25, -0.2) is 0 Å². The highest BCUT2D eigenvalue weighted by Crippen LogP contribution is 2.34. The number of nitrogens with zero attached hydrogens (tertiary/aromatic N) is 3. The second-order valence-corrected chi connectivity index (χ2v) is 8.71. The first-order valence-electron chi connectivity index (χ1n) is 10.3. The van der Waals surface area contributed by atoms with E-state index in [4.69, 9.17) is 4.74 Å². The molecule has 0 spiro atoms. The summed E-state index contributed by atoms with van der Waals surface area (Å²) in [5.41, 5.74) is 0.947. The first-order valence-corrected chi connectivity index (χ1v) is 11.3. The molecule has 29 heavy (non-hydrogen) atoms. The Labute approximate surface area is 175 Å². The van der Waals surface area contributed by atoms with Gasteiger partial charge in [0.1, 0.15) is 6.10 Å². The standard InChI is InChI=1S/C21H27N3O4S/c25-19(22-9-11-23(12-10-22)21(27)17-5-3-14-28-17)7-8-20(26)24-13-15-29-18-6-2-1-4-16(18)24/h1-2,4,6,17H,3,5,7-15H2. The average Bonchev–Trinajstić information content (AvgIpc) is 3.31. The number of carbonyl (C=O) groups excluding carboxylic acids is 3. The van der Waals surface area contributed by atoms with E-state index in [-0.39, 0.29) is 36.7 Å². The Hall–Kier alpha value is -2.06. The predicted molar refractivity (Wildman–Crippen MR) is 111 cm³/mol. The first kappa shape index (κ1) is 20.2. The van der Waals surface area contributed by atoms with Gasteiger partial charge in [-0.15, -0.1) is 11.8 Å². The summed E-state index contributed by atoms with van der Waals surface area (Å²) in [5, 5.41) is 0. The van der Waals surface area contributed by atoms with Gasteiger partial charge >= 0.3 is 0 Å². The van der Waals surface area contributed by atoms with Crippen LogP contribution >= 0.6 is 11.8 Å². The lowest BCUT2D eigenvalue weighted by Gasteiger charge is -2.36. The highest BCUT2D eigenvalue weighted by molar-refractivity contribution is 7.99. The van der Waals surface area contributed by atoms with Gasteiger partial charge in [-0.05, 0) is 25.0 Å². The number of piperazine rings is 1. The summed E-state index contributed by atoms with van der Waals surface area (Å²) in [4.78, 5) is 44.2. The molecule has 1 aromatic rings. The van der Waals surface area contributed by atoms with Gasteiger partial charge in [0, 0.05) is 62.8 Å². The van der Waals surface area contributed by atoms with Crippen molar-refractivity contribution in [2.75, 3.05) is 50.0 Å². The zero-order chi connectivity index (χ0) is 20.2. The second kappa shape index (κ2) is 9.17. The van der Waals surface area contributed by atoms with Crippen LogP contribution in [0.25, 0.3) is 0 Å². The van der Waals surface area contributed by atoms with Crippen molar-refractivity contribution in [3.63, 3.8) is 0 Å². The number of ether oxygens (including phenoxy) is 1. The van der Waals surface area contributed by atoms with Crippen LogP contribution in [0.4, 0.5) is 5.69 Å². The molecule has 0 saturated carbocycles. The Bertz CT molecular complexity index is 773. The SMILES string of the molecule is O=C(CCC(=O)N1CCSc2ccccc21)N1CCN(C(=O)C2CCCO2)CC1. The maximum absolute atomic E-state index is 12.7. The molecule has 8 heteroatoms. The third-order valence-electron chi connectivity index (χ3n) is 5.73. The Balaban J connectivity index is 1.24. The molecule has 3 aliphatic rings. The summed E-state index contributed by atoms with van der Waals surface area (Å²) in [6.07, 6.45) is 1.85. The number of fused-ring (bicyclic) bond motifs is 1. The third kappa shape index (κ3) is 4.59. The number of hydrogen-bond donors (Lipinski definition) is 0. The highest BCUT2D eigenvalue weighted by Gasteiger charge is 2.31. The number of amides is 3. The topological polar surface area (TPSA) is 70.2 Å². The number of rotatable bonds is 4. The Morgan fingerprint density at radius 3 is 2.45 bits per heavy atom. The minimum Gasteiger partial charge on any atom is -0.368 e. The quantitative estimate of drug-likeness (QED) is 0.747. The number of benzene rings is 1. The Morgan fingerprint density at radius 1 is 0.966 bits per heavy atom. The van der Waals surface area contributed by atoms with E-state index in [2.05, 4.69) is 0 Å². The van der Waals surface area contributed by atoms with Crippen LogP contribution in [0.3, 0.4) is 0 Å². The molecule has 2 saturated heterocycles. The molecule has 0 N–H and O–H groups in total. The maximum Gasteiger partial charge on any atom is 0.251 e. The lowest BCUT2D eigenvalue weighted by atomic mass is 10.2. The molecule has 3 amide bonds. The van der Waals surface area contributed by atoms with Crippen molar-refractivity contribution in [3.05, 3.63) is 24.3 Å². The number of carbonyl (C=O) groups is 3. The van der Waals surface area contributed by atoms with Gasteiger partial charge in [0.15, 0.2) is 0 Å². The lowest BCUT2D eigenvalue weighted by Crippen LogP contribution is -2.52. The molecule has 156 valence electrons. The molecular weight excluding hydrogens is 390 g/mol. The Morgan fingerprint density at radius 2 is 1.69 bits per heavy atom. The van der Waals surface area contributed by atoms with Crippen LogP contribution in [0.5, 0.6) is 0 Å². The van der Waals surface area contributed by atoms with Gasteiger partial charge in [-0.3, -0.25) is 14.4 Å². The molecule has 7 nitrogen and oxygen atoms in total. The summed E-state index contributed by atoms with van der Waals surface area (Å²) in [6, 6.07) is 7.91. The zero-order valence-electron chi connectivity index (χ0n) is 16.5. The molecule has 4 rings (SSSR count). The van der Waals surface area contributed by atoms with E-state index in [0.29, 0.717) is 39.3 Å². The molecule has 3 heterocycles.